The fourth-order valence-corrected chi connectivity index (χ4v) is 2.50. The SMILES string of the molecule is CC(C)(CC(=O)NCC1=CCNCC1)c1ccccc1. The highest BCUT2D eigenvalue weighted by molar-refractivity contribution is 5.77. The first kappa shape index (κ1) is 14.8. The highest BCUT2D eigenvalue weighted by Gasteiger charge is 2.23. The van der Waals surface area contributed by atoms with Crippen molar-refractivity contribution in [3.63, 3.8) is 0 Å². The maximum Gasteiger partial charge on any atom is 0.221 e. The minimum Gasteiger partial charge on any atom is -0.352 e. The lowest BCUT2D eigenvalue weighted by molar-refractivity contribution is -0.121. The smallest absolute Gasteiger partial charge is 0.221 e. The normalized spacial score (nSPS) is 15.6. The molecule has 1 heterocycles. The fourth-order valence-electron chi connectivity index (χ4n) is 2.50. The molecule has 0 spiro atoms. The minimum atomic E-state index is -0.131. The molecule has 20 heavy (non-hydrogen) atoms. The van der Waals surface area contributed by atoms with Crippen LogP contribution in [0.4, 0.5) is 0 Å². The molecule has 0 fully saturated rings. The van der Waals surface area contributed by atoms with Gasteiger partial charge in [0.25, 0.3) is 0 Å². The molecular formula is C17H24N2O. The van der Waals surface area contributed by atoms with E-state index in [-0.39, 0.29) is 11.3 Å². The highest BCUT2D eigenvalue weighted by Crippen LogP contribution is 2.26. The summed E-state index contributed by atoms with van der Waals surface area (Å²) in [5, 5.41) is 6.32. The third-order valence-electron chi connectivity index (χ3n) is 3.83. The monoisotopic (exact) mass is 272 g/mol. The number of hydrogen-bond acceptors (Lipinski definition) is 2. The molecule has 0 unspecified atom stereocenters. The average molecular weight is 272 g/mol. The second-order valence-electron chi connectivity index (χ2n) is 6.02. The van der Waals surface area contributed by atoms with Crippen LogP contribution >= 0.6 is 0 Å². The maximum absolute atomic E-state index is 12.1. The zero-order valence-corrected chi connectivity index (χ0v) is 12.4. The van der Waals surface area contributed by atoms with E-state index in [1.165, 1.54) is 11.1 Å². The highest BCUT2D eigenvalue weighted by atomic mass is 16.1. The fraction of sp³-hybridized carbons (Fsp3) is 0.471. The quantitative estimate of drug-likeness (QED) is 0.808. The molecule has 2 N–H and O–H groups in total. The number of carbonyl (C=O) groups is 1. The maximum atomic E-state index is 12.1. The number of carbonyl (C=O) groups excluding carboxylic acids is 1. The third kappa shape index (κ3) is 4.20. The molecule has 2 rings (SSSR count). The molecule has 1 aliphatic heterocycles. The molecule has 1 aliphatic rings. The van der Waals surface area contributed by atoms with Crippen molar-refractivity contribution in [1.82, 2.24) is 10.6 Å². The van der Waals surface area contributed by atoms with Gasteiger partial charge in [0.15, 0.2) is 0 Å². The molecule has 1 aromatic carbocycles. The van der Waals surface area contributed by atoms with Crippen LogP contribution in [0.3, 0.4) is 0 Å². The summed E-state index contributed by atoms with van der Waals surface area (Å²) in [6, 6.07) is 10.2. The molecule has 3 nitrogen and oxygen atoms in total. The number of amides is 1. The third-order valence-corrected chi connectivity index (χ3v) is 3.83. The summed E-state index contributed by atoms with van der Waals surface area (Å²) in [5.41, 5.74) is 2.40. The van der Waals surface area contributed by atoms with Gasteiger partial charge in [0.05, 0.1) is 0 Å². The predicted molar refractivity (Wildman–Crippen MR) is 82.7 cm³/mol. The van der Waals surface area contributed by atoms with E-state index in [9.17, 15) is 4.79 Å². The largest absolute Gasteiger partial charge is 0.352 e. The van der Waals surface area contributed by atoms with Gasteiger partial charge >= 0.3 is 0 Å². The molecule has 0 atom stereocenters. The van der Waals surface area contributed by atoms with Crippen LogP contribution in [0.2, 0.25) is 0 Å². The molecule has 108 valence electrons. The summed E-state index contributed by atoms with van der Waals surface area (Å²) in [5.74, 6) is 0.123. The van der Waals surface area contributed by atoms with Crippen LogP contribution in [0.25, 0.3) is 0 Å². The second-order valence-corrected chi connectivity index (χ2v) is 6.02. The van der Waals surface area contributed by atoms with Crippen LogP contribution in [-0.2, 0) is 10.2 Å². The van der Waals surface area contributed by atoms with Crippen LogP contribution in [-0.4, -0.2) is 25.5 Å². The van der Waals surface area contributed by atoms with Gasteiger partial charge in [-0.1, -0.05) is 55.8 Å². The van der Waals surface area contributed by atoms with Gasteiger partial charge in [0.1, 0.15) is 0 Å². The van der Waals surface area contributed by atoms with Gasteiger partial charge in [-0.15, -0.1) is 0 Å². The number of hydrogen-bond donors (Lipinski definition) is 2. The van der Waals surface area contributed by atoms with Crippen molar-refractivity contribution in [3.8, 4) is 0 Å². The van der Waals surface area contributed by atoms with Crippen molar-refractivity contribution in [3.05, 3.63) is 47.5 Å². The summed E-state index contributed by atoms with van der Waals surface area (Å²) in [6.45, 7) is 6.85. The number of rotatable bonds is 5. The van der Waals surface area contributed by atoms with E-state index in [0.717, 1.165) is 19.5 Å². The first-order chi connectivity index (χ1) is 9.58. The van der Waals surface area contributed by atoms with E-state index in [1.54, 1.807) is 0 Å². The van der Waals surface area contributed by atoms with Crippen LogP contribution < -0.4 is 10.6 Å². The molecule has 1 aromatic rings. The van der Waals surface area contributed by atoms with Gasteiger partial charge in [-0.2, -0.15) is 0 Å². The lowest BCUT2D eigenvalue weighted by Crippen LogP contribution is -2.33. The lowest BCUT2D eigenvalue weighted by Gasteiger charge is -2.25. The Morgan fingerprint density at radius 2 is 2.05 bits per heavy atom. The molecule has 0 bridgehead atoms. The zero-order chi connectivity index (χ0) is 14.4. The molecule has 0 saturated carbocycles. The van der Waals surface area contributed by atoms with Gasteiger partial charge in [-0.3, -0.25) is 4.79 Å². The molecular weight excluding hydrogens is 248 g/mol. The molecule has 0 saturated heterocycles. The van der Waals surface area contributed by atoms with Gasteiger partial charge < -0.3 is 10.6 Å². The van der Waals surface area contributed by atoms with Gasteiger partial charge in [0.2, 0.25) is 5.91 Å². The summed E-state index contributed by atoms with van der Waals surface area (Å²) in [4.78, 5) is 12.1. The average Bonchev–Trinajstić information content (AvgIpc) is 2.47. The summed E-state index contributed by atoms with van der Waals surface area (Å²) < 4.78 is 0. The van der Waals surface area contributed by atoms with E-state index < -0.39 is 0 Å². The van der Waals surface area contributed by atoms with Crippen LogP contribution in [0.1, 0.15) is 32.3 Å². The topological polar surface area (TPSA) is 41.1 Å². The zero-order valence-electron chi connectivity index (χ0n) is 12.4. The summed E-state index contributed by atoms with van der Waals surface area (Å²) in [7, 11) is 0. The second kappa shape index (κ2) is 6.71. The molecule has 1 amide bonds. The number of nitrogens with one attached hydrogen (secondary N) is 2. The van der Waals surface area contributed by atoms with Crippen molar-refractivity contribution in [2.45, 2.75) is 32.1 Å². The molecule has 3 heteroatoms. The van der Waals surface area contributed by atoms with Crippen molar-refractivity contribution in [2.24, 2.45) is 0 Å². The Bertz CT molecular complexity index is 477. The van der Waals surface area contributed by atoms with Crippen molar-refractivity contribution in [1.29, 1.82) is 0 Å². The Morgan fingerprint density at radius 1 is 1.30 bits per heavy atom. The Labute approximate surface area is 121 Å². The van der Waals surface area contributed by atoms with E-state index in [2.05, 4.69) is 42.7 Å². The lowest BCUT2D eigenvalue weighted by atomic mass is 9.81. The van der Waals surface area contributed by atoms with E-state index in [0.29, 0.717) is 13.0 Å². The van der Waals surface area contributed by atoms with Crippen LogP contribution in [0, 0.1) is 0 Å². The van der Waals surface area contributed by atoms with Gasteiger partial charge in [-0.25, -0.2) is 0 Å². The Hall–Kier alpha value is -1.61. The van der Waals surface area contributed by atoms with E-state index >= 15 is 0 Å². The van der Waals surface area contributed by atoms with Gasteiger partial charge in [0, 0.05) is 19.5 Å². The first-order valence-electron chi connectivity index (χ1n) is 7.29. The van der Waals surface area contributed by atoms with Gasteiger partial charge in [-0.05, 0) is 23.9 Å². The Morgan fingerprint density at radius 3 is 2.70 bits per heavy atom. The molecule has 0 aromatic heterocycles. The van der Waals surface area contributed by atoms with Crippen molar-refractivity contribution < 1.29 is 4.79 Å². The van der Waals surface area contributed by atoms with E-state index in [1.807, 2.05) is 18.2 Å². The van der Waals surface area contributed by atoms with Crippen molar-refractivity contribution in [2.75, 3.05) is 19.6 Å². The molecule has 0 radical (unpaired) electrons. The minimum absolute atomic E-state index is 0.123. The Balaban J connectivity index is 1.86. The van der Waals surface area contributed by atoms with Crippen LogP contribution in [0.5, 0.6) is 0 Å². The summed E-state index contributed by atoms with van der Waals surface area (Å²) in [6.07, 6.45) is 3.72. The predicted octanol–water partition coefficient (Wildman–Crippen LogP) is 2.39. The first-order valence-corrected chi connectivity index (χ1v) is 7.29. The summed E-state index contributed by atoms with van der Waals surface area (Å²) >= 11 is 0. The standard InChI is InChI=1S/C17H24N2O/c1-17(2,15-6-4-3-5-7-15)12-16(20)19-13-14-8-10-18-11-9-14/h3-8,18H,9-13H2,1-2H3,(H,19,20). The van der Waals surface area contributed by atoms with Crippen molar-refractivity contribution >= 4 is 5.91 Å². The molecule has 0 aliphatic carbocycles. The van der Waals surface area contributed by atoms with E-state index in [4.69, 9.17) is 0 Å². The Kier molecular flexibility index (Phi) is 4.96. The van der Waals surface area contributed by atoms with Crippen LogP contribution in [0.15, 0.2) is 42.0 Å². The number of benzene rings is 1.